The smallest absolute Gasteiger partial charge is 0.337 e. The molecule has 0 amide bonds. The molecule has 2 unspecified atom stereocenters. The van der Waals surface area contributed by atoms with Crippen molar-refractivity contribution in [3.8, 4) is 0 Å². The van der Waals surface area contributed by atoms with Gasteiger partial charge in [-0.15, -0.1) is 0 Å². The number of carbonyl (C=O) groups excluding carboxylic acids is 2. The van der Waals surface area contributed by atoms with Gasteiger partial charge in [0, 0.05) is 16.8 Å². The normalized spacial score (nSPS) is 23.0. The molecule has 0 saturated carbocycles. The van der Waals surface area contributed by atoms with Crippen LogP contribution in [0.15, 0.2) is 35.5 Å². The molecule has 0 aliphatic carbocycles. The summed E-state index contributed by atoms with van der Waals surface area (Å²) in [5, 5.41) is 3.65. The van der Waals surface area contributed by atoms with E-state index < -0.39 is 17.4 Å². The predicted molar refractivity (Wildman–Crippen MR) is 96.3 cm³/mol. The zero-order chi connectivity index (χ0) is 18.6. The number of ether oxygens (including phenoxy) is 2. The van der Waals surface area contributed by atoms with Gasteiger partial charge in [-0.1, -0.05) is 29.8 Å². The fourth-order valence-electron chi connectivity index (χ4n) is 3.51. The topological polar surface area (TPSA) is 64.6 Å². The van der Waals surface area contributed by atoms with Crippen LogP contribution in [-0.4, -0.2) is 31.2 Å². The van der Waals surface area contributed by atoms with E-state index in [1.807, 2.05) is 6.92 Å². The number of carbonyl (C=O) groups is 2. The minimum absolute atomic E-state index is 0.0427. The molecule has 2 rings (SSSR count). The second-order valence-corrected chi connectivity index (χ2v) is 6.48. The Morgan fingerprint density at radius 3 is 2.48 bits per heavy atom. The van der Waals surface area contributed by atoms with E-state index in [4.69, 9.17) is 21.1 Å². The minimum atomic E-state index is -1.30. The molecule has 1 heterocycles. The molecule has 1 aromatic carbocycles. The van der Waals surface area contributed by atoms with E-state index in [-0.39, 0.29) is 24.8 Å². The SMILES string of the molecule is CCOC(=O)C1=C(C)NC(C)CC1(C(=O)OCC)c1ccccc1Cl. The Morgan fingerprint density at radius 2 is 1.88 bits per heavy atom. The number of hydrogen-bond donors (Lipinski definition) is 1. The van der Waals surface area contributed by atoms with Crippen LogP contribution in [0.1, 0.15) is 39.7 Å². The zero-order valence-electron chi connectivity index (χ0n) is 15.0. The lowest BCUT2D eigenvalue weighted by Crippen LogP contribution is -2.52. The minimum Gasteiger partial charge on any atom is -0.465 e. The largest absolute Gasteiger partial charge is 0.465 e. The number of allylic oxidation sites excluding steroid dienone is 1. The van der Waals surface area contributed by atoms with E-state index >= 15 is 0 Å². The van der Waals surface area contributed by atoms with Gasteiger partial charge in [0.15, 0.2) is 0 Å². The molecular formula is C19H24ClNO4. The highest BCUT2D eigenvalue weighted by atomic mass is 35.5. The second-order valence-electron chi connectivity index (χ2n) is 6.08. The summed E-state index contributed by atoms with van der Waals surface area (Å²) >= 11 is 6.43. The second kappa shape index (κ2) is 7.91. The Bertz CT molecular complexity index is 700. The van der Waals surface area contributed by atoms with Crippen LogP contribution in [0.25, 0.3) is 0 Å². The molecule has 136 valence electrons. The molecule has 2 atom stereocenters. The van der Waals surface area contributed by atoms with E-state index in [1.54, 1.807) is 45.0 Å². The third-order valence-corrected chi connectivity index (χ3v) is 4.64. The highest BCUT2D eigenvalue weighted by molar-refractivity contribution is 6.32. The Labute approximate surface area is 153 Å². The molecule has 1 N–H and O–H groups in total. The number of benzene rings is 1. The van der Waals surface area contributed by atoms with Crippen molar-refractivity contribution in [2.75, 3.05) is 13.2 Å². The Balaban J connectivity index is 2.78. The van der Waals surface area contributed by atoms with E-state index in [2.05, 4.69) is 5.32 Å². The maximum atomic E-state index is 13.1. The summed E-state index contributed by atoms with van der Waals surface area (Å²) in [6, 6.07) is 7.02. The van der Waals surface area contributed by atoms with Crippen LogP contribution >= 0.6 is 11.6 Å². The number of nitrogens with one attached hydrogen (secondary N) is 1. The van der Waals surface area contributed by atoms with Crippen LogP contribution in [0.5, 0.6) is 0 Å². The average molecular weight is 366 g/mol. The van der Waals surface area contributed by atoms with Gasteiger partial charge in [0.2, 0.25) is 0 Å². The Kier molecular flexibility index (Phi) is 6.11. The van der Waals surface area contributed by atoms with E-state index in [0.29, 0.717) is 22.7 Å². The van der Waals surface area contributed by atoms with Crippen molar-refractivity contribution in [3.63, 3.8) is 0 Å². The summed E-state index contributed by atoms with van der Waals surface area (Å²) in [6.07, 6.45) is 0.348. The summed E-state index contributed by atoms with van der Waals surface area (Å²) in [4.78, 5) is 25.9. The predicted octanol–water partition coefficient (Wildman–Crippen LogP) is 3.36. The first-order chi connectivity index (χ1) is 11.9. The van der Waals surface area contributed by atoms with Crippen LogP contribution in [0.2, 0.25) is 5.02 Å². The van der Waals surface area contributed by atoms with Gasteiger partial charge < -0.3 is 14.8 Å². The maximum absolute atomic E-state index is 13.1. The lowest BCUT2D eigenvalue weighted by Gasteiger charge is -2.41. The third-order valence-electron chi connectivity index (χ3n) is 4.31. The van der Waals surface area contributed by atoms with Gasteiger partial charge in [0.1, 0.15) is 5.41 Å². The van der Waals surface area contributed by atoms with Crippen molar-refractivity contribution in [2.24, 2.45) is 0 Å². The van der Waals surface area contributed by atoms with Crippen molar-refractivity contribution in [2.45, 2.75) is 45.6 Å². The highest BCUT2D eigenvalue weighted by Gasteiger charge is 2.53. The third kappa shape index (κ3) is 3.52. The summed E-state index contributed by atoms with van der Waals surface area (Å²) in [5.41, 5.74) is 0.130. The molecule has 0 fully saturated rings. The highest BCUT2D eigenvalue weighted by Crippen LogP contribution is 2.45. The number of halogens is 1. The van der Waals surface area contributed by atoms with Gasteiger partial charge in [-0.3, -0.25) is 4.79 Å². The van der Waals surface area contributed by atoms with Gasteiger partial charge in [0.05, 0.1) is 18.8 Å². The van der Waals surface area contributed by atoms with E-state index in [0.717, 1.165) is 0 Å². The molecule has 0 aromatic heterocycles. The molecule has 25 heavy (non-hydrogen) atoms. The van der Waals surface area contributed by atoms with Crippen LogP contribution in [0.3, 0.4) is 0 Å². The molecule has 1 aliphatic heterocycles. The lowest BCUT2D eigenvalue weighted by atomic mass is 9.67. The van der Waals surface area contributed by atoms with Gasteiger partial charge in [-0.25, -0.2) is 4.79 Å². The van der Waals surface area contributed by atoms with Crippen molar-refractivity contribution >= 4 is 23.5 Å². The quantitative estimate of drug-likeness (QED) is 0.810. The molecule has 0 radical (unpaired) electrons. The molecule has 0 spiro atoms. The van der Waals surface area contributed by atoms with Gasteiger partial charge >= 0.3 is 11.9 Å². The van der Waals surface area contributed by atoms with Crippen LogP contribution in [0.4, 0.5) is 0 Å². The maximum Gasteiger partial charge on any atom is 0.337 e. The van der Waals surface area contributed by atoms with Crippen LogP contribution < -0.4 is 5.32 Å². The summed E-state index contributed by atoms with van der Waals surface area (Å²) in [6.45, 7) is 7.62. The fourth-order valence-corrected chi connectivity index (χ4v) is 3.80. The van der Waals surface area contributed by atoms with E-state index in [9.17, 15) is 9.59 Å². The van der Waals surface area contributed by atoms with Crippen molar-refractivity contribution in [1.82, 2.24) is 5.32 Å². The number of hydrogen-bond acceptors (Lipinski definition) is 5. The molecule has 0 saturated heterocycles. The molecule has 5 nitrogen and oxygen atoms in total. The molecule has 1 aliphatic rings. The van der Waals surface area contributed by atoms with Gasteiger partial charge in [0.25, 0.3) is 0 Å². The first-order valence-corrected chi connectivity index (χ1v) is 8.83. The van der Waals surface area contributed by atoms with Crippen LogP contribution in [-0.2, 0) is 24.5 Å². The Morgan fingerprint density at radius 1 is 1.24 bits per heavy atom. The summed E-state index contributed by atoms with van der Waals surface area (Å²) < 4.78 is 10.6. The molecule has 6 heteroatoms. The fraction of sp³-hybridized carbons (Fsp3) is 0.474. The van der Waals surface area contributed by atoms with Crippen molar-refractivity contribution in [3.05, 3.63) is 46.1 Å². The zero-order valence-corrected chi connectivity index (χ0v) is 15.8. The van der Waals surface area contributed by atoms with Gasteiger partial charge in [-0.2, -0.15) is 0 Å². The number of rotatable bonds is 5. The molecule has 0 bridgehead atoms. The van der Waals surface area contributed by atoms with E-state index in [1.165, 1.54) is 0 Å². The average Bonchev–Trinajstić information content (AvgIpc) is 2.54. The monoisotopic (exact) mass is 365 g/mol. The first kappa shape index (κ1) is 19.3. The lowest BCUT2D eigenvalue weighted by molar-refractivity contribution is -0.153. The molecule has 1 aromatic rings. The molecular weight excluding hydrogens is 342 g/mol. The van der Waals surface area contributed by atoms with Crippen LogP contribution in [0, 0.1) is 0 Å². The number of esters is 2. The van der Waals surface area contributed by atoms with Crippen molar-refractivity contribution in [1.29, 1.82) is 0 Å². The summed E-state index contributed by atoms with van der Waals surface area (Å²) in [7, 11) is 0. The Hall–Kier alpha value is -2.01. The first-order valence-electron chi connectivity index (χ1n) is 8.45. The summed E-state index contributed by atoms with van der Waals surface area (Å²) in [5.74, 6) is -1.02. The van der Waals surface area contributed by atoms with Crippen molar-refractivity contribution < 1.29 is 19.1 Å². The standard InChI is InChI=1S/C19H24ClNO4/c1-5-24-17(22)16-13(4)21-12(3)11-19(16,18(23)25-6-2)14-9-7-8-10-15(14)20/h7-10,12,21H,5-6,11H2,1-4H3. The van der Waals surface area contributed by atoms with Gasteiger partial charge in [-0.05, 0) is 45.7 Å².